The van der Waals surface area contributed by atoms with Crippen LogP contribution in [0.4, 0.5) is 5.82 Å². The molecule has 0 saturated carbocycles. The summed E-state index contributed by atoms with van der Waals surface area (Å²) in [5.41, 5.74) is 2.75. The Labute approximate surface area is 144 Å². The summed E-state index contributed by atoms with van der Waals surface area (Å²) in [4.78, 5) is 19.7. The quantitative estimate of drug-likeness (QED) is 0.735. The van der Waals surface area contributed by atoms with Gasteiger partial charge in [-0.05, 0) is 30.7 Å². The van der Waals surface area contributed by atoms with Crippen molar-refractivity contribution in [1.29, 1.82) is 0 Å². The highest BCUT2D eigenvalue weighted by molar-refractivity contribution is 7.89. The van der Waals surface area contributed by atoms with Gasteiger partial charge in [0.15, 0.2) is 5.03 Å². The monoisotopic (exact) mass is 359 g/mol. The van der Waals surface area contributed by atoms with E-state index >= 15 is 0 Å². The highest BCUT2D eigenvalue weighted by Crippen LogP contribution is 2.31. The van der Waals surface area contributed by atoms with Crippen LogP contribution in [0.25, 0.3) is 22.2 Å². The van der Waals surface area contributed by atoms with Crippen LogP contribution in [0.1, 0.15) is 12.5 Å². The molecule has 1 amide bonds. The smallest absolute Gasteiger partial charge is 0.255 e. The maximum absolute atomic E-state index is 11.7. The minimum atomic E-state index is -3.91. The molecule has 3 N–H and O–H groups in total. The maximum atomic E-state index is 11.7. The number of pyridine rings is 2. The van der Waals surface area contributed by atoms with Gasteiger partial charge < -0.3 is 9.88 Å². The van der Waals surface area contributed by atoms with Crippen LogP contribution in [0.15, 0.2) is 35.6 Å². The molecule has 25 heavy (non-hydrogen) atoms. The van der Waals surface area contributed by atoms with Gasteiger partial charge in [-0.3, -0.25) is 4.79 Å². The van der Waals surface area contributed by atoms with Crippen molar-refractivity contribution < 1.29 is 13.2 Å². The standard InChI is InChI=1S/C16H17N5O3S/c1-9-4-13(20-16(5-9)25(17,23)24)12-8-21(3)14-7-18-15(6-11(12)14)19-10(2)22/h4-8H,1-3H3,(H2,17,23,24)(H,18,19,22). The summed E-state index contributed by atoms with van der Waals surface area (Å²) in [7, 11) is -2.06. The van der Waals surface area contributed by atoms with E-state index in [0.717, 1.165) is 22.0 Å². The molecule has 3 aromatic heterocycles. The van der Waals surface area contributed by atoms with Crippen molar-refractivity contribution in [2.75, 3.05) is 5.32 Å². The van der Waals surface area contributed by atoms with E-state index in [9.17, 15) is 13.2 Å². The lowest BCUT2D eigenvalue weighted by atomic mass is 10.1. The van der Waals surface area contributed by atoms with Gasteiger partial charge in [0, 0.05) is 31.1 Å². The number of nitrogens with one attached hydrogen (secondary N) is 1. The predicted octanol–water partition coefficient (Wildman–Crippen LogP) is 1.55. The Hall–Kier alpha value is -2.78. The molecule has 0 bridgehead atoms. The first-order chi connectivity index (χ1) is 11.6. The lowest BCUT2D eigenvalue weighted by molar-refractivity contribution is -0.114. The number of sulfonamides is 1. The number of hydrogen-bond donors (Lipinski definition) is 2. The zero-order valence-corrected chi connectivity index (χ0v) is 14.8. The van der Waals surface area contributed by atoms with Crippen LogP contribution in [-0.2, 0) is 21.9 Å². The fourth-order valence-corrected chi connectivity index (χ4v) is 3.23. The number of nitrogens with two attached hydrogens (primary N) is 1. The van der Waals surface area contributed by atoms with Crippen molar-refractivity contribution in [3.05, 3.63) is 36.2 Å². The molecule has 0 saturated heterocycles. The summed E-state index contributed by atoms with van der Waals surface area (Å²) >= 11 is 0. The highest BCUT2D eigenvalue weighted by Gasteiger charge is 2.16. The number of anilines is 1. The molecule has 0 atom stereocenters. The van der Waals surface area contributed by atoms with Crippen molar-refractivity contribution in [2.45, 2.75) is 18.9 Å². The third-order valence-electron chi connectivity index (χ3n) is 3.69. The fraction of sp³-hybridized carbons (Fsp3) is 0.188. The number of fused-ring (bicyclic) bond motifs is 1. The Morgan fingerprint density at radius 3 is 2.64 bits per heavy atom. The first-order valence-electron chi connectivity index (χ1n) is 7.39. The van der Waals surface area contributed by atoms with E-state index in [0.29, 0.717) is 11.5 Å². The number of hydrogen-bond acceptors (Lipinski definition) is 5. The van der Waals surface area contributed by atoms with Gasteiger partial charge in [-0.15, -0.1) is 0 Å². The molecule has 3 rings (SSSR count). The van der Waals surface area contributed by atoms with Gasteiger partial charge in [-0.1, -0.05) is 0 Å². The molecule has 9 heteroatoms. The van der Waals surface area contributed by atoms with Crippen molar-refractivity contribution in [2.24, 2.45) is 12.2 Å². The molecule has 130 valence electrons. The van der Waals surface area contributed by atoms with Crippen molar-refractivity contribution >= 4 is 32.7 Å². The Kier molecular flexibility index (Phi) is 4.05. The number of nitrogens with zero attached hydrogens (tertiary/aromatic N) is 3. The van der Waals surface area contributed by atoms with Crippen LogP contribution in [0, 0.1) is 6.92 Å². The molecule has 0 unspecified atom stereocenters. The van der Waals surface area contributed by atoms with E-state index in [1.54, 1.807) is 25.3 Å². The first kappa shape index (κ1) is 17.1. The minimum absolute atomic E-state index is 0.185. The lowest BCUT2D eigenvalue weighted by Gasteiger charge is -2.06. The second kappa shape index (κ2) is 5.94. The maximum Gasteiger partial charge on any atom is 0.255 e. The van der Waals surface area contributed by atoms with E-state index < -0.39 is 10.0 Å². The van der Waals surface area contributed by atoms with Crippen molar-refractivity contribution in [3.63, 3.8) is 0 Å². The van der Waals surface area contributed by atoms with Crippen LogP contribution >= 0.6 is 0 Å². The third-order valence-corrected chi connectivity index (χ3v) is 4.49. The summed E-state index contributed by atoms with van der Waals surface area (Å²) in [6.45, 7) is 3.17. The van der Waals surface area contributed by atoms with Gasteiger partial charge in [-0.25, -0.2) is 23.5 Å². The fourth-order valence-electron chi connectivity index (χ4n) is 2.65. The van der Waals surface area contributed by atoms with Crippen LogP contribution in [0.2, 0.25) is 0 Å². The summed E-state index contributed by atoms with van der Waals surface area (Å²) in [5, 5.41) is 8.46. The topological polar surface area (TPSA) is 120 Å². The number of aromatic nitrogens is 3. The van der Waals surface area contributed by atoms with Gasteiger partial charge in [0.25, 0.3) is 10.0 Å². The average molecular weight is 359 g/mol. The number of primary sulfonamides is 1. The zero-order chi connectivity index (χ0) is 18.4. The van der Waals surface area contributed by atoms with Crippen LogP contribution in [0.5, 0.6) is 0 Å². The van der Waals surface area contributed by atoms with Crippen LogP contribution < -0.4 is 10.5 Å². The molecule has 0 aliphatic rings. The van der Waals surface area contributed by atoms with Gasteiger partial charge in [-0.2, -0.15) is 0 Å². The Balaban J connectivity index is 2.25. The molecule has 0 spiro atoms. The third kappa shape index (κ3) is 3.37. The summed E-state index contributed by atoms with van der Waals surface area (Å²) in [5.74, 6) is 0.182. The second-order valence-corrected chi connectivity index (χ2v) is 7.34. The Morgan fingerprint density at radius 2 is 2.00 bits per heavy atom. The summed E-state index contributed by atoms with van der Waals surface area (Å²) in [6.07, 6.45) is 3.47. The van der Waals surface area contributed by atoms with Gasteiger partial charge in [0.2, 0.25) is 5.91 Å². The summed E-state index contributed by atoms with van der Waals surface area (Å²) in [6, 6.07) is 4.93. The highest BCUT2D eigenvalue weighted by atomic mass is 32.2. The van der Waals surface area contributed by atoms with Gasteiger partial charge in [0.1, 0.15) is 5.82 Å². The zero-order valence-electron chi connectivity index (χ0n) is 13.9. The molecule has 0 fully saturated rings. The molecule has 8 nitrogen and oxygen atoms in total. The normalized spacial score (nSPS) is 11.7. The van der Waals surface area contributed by atoms with Crippen molar-refractivity contribution in [3.8, 4) is 11.3 Å². The van der Waals surface area contributed by atoms with E-state index in [4.69, 9.17) is 5.14 Å². The molecule has 0 aromatic carbocycles. The minimum Gasteiger partial charge on any atom is -0.349 e. The van der Waals surface area contributed by atoms with E-state index in [1.165, 1.54) is 13.0 Å². The first-order valence-corrected chi connectivity index (χ1v) is 8.94. The molecule has 0 radical (unpaired) electrons. The predicted molar refractivity (Wildman–Crippen MR) is 94.4 cm³/mol. The molecule has 0 aliphatic heterocycles. The van der Waals surface area contributed by atoms with E-state index in [2.05, 4.69) is 15.3 Å². The molecule has 3 heterocycles. The van der Waals surface area contributed by atoms with Crippen LogP contribution in [0.3, 0.4) is 0 Å². The van der Waals surface area contributed by atoms with Crippen molar-refractivity contribution in [1.82, 2.24) is 14.5 Å². The SMILES string of the molecule is CC(=O)Nc1cc2c(-c3cc(C)cc(S(N)(=O)=O)n3)cn(C)c2cn1. The van der Waals surface area contributed by atoms with Gasteiger partial charge in [0.05, 0.1) is 17.4 Å². The largest absolute Gasteiger partial charge is 0.349 e. The van der Waals surface area contributed by atoms with Crippen LogP contribution in [-0.4, -0.2) is 28.9 Å². The molecular weight excluding hydrogens is 342 g/mol. The Morgan fingerprint density at radius 1 is 1.28 bits per heavy atom. The number of carbonyl (C=O) groups excluding carboxylic acids is 1. The molecular formula is C16H17N5O3S. The van der Waals surface area contributed by atoms with E-state index in [-0.39, 0.29) is 10.9 Å². The number of amides is 1. The number of aryl methyl sites for hydroxylation is 2. The lowest BCUT2D eigenvalue weighted by Crippen LogP contribution is -2.14. The van der Waals surface area contributed by atoms with Gasteiger partial charge >= 0.3 is 0 Å². The molecule has 3 aromatic rings. The number of rotatable bonds is 3. The summed E-state index contributed by atoms with van der Waals surface area (Å²) < 4.78 is 25.2. The average Bonchev–Trinajstić information content (AvgIpc) is 2.82. The van der Waals surface area contributed by atoms with E-state index in [1.807, 2.05) is 17.8 Å². The Bertz CT molecular complexity index is 1100. The second-order valence-electron chi connectivity index (χ2n) is 5.83. The molecule has 0 aliphatic carbocycles. The number of carbonyl (C=O) groups is 1.